The predicted molar refractivity (Wildman–Crippen MR) is 52.2 cm³/mol. The maximum atomic E-state index is 13.4. The third-order valence-electron chi connectivity index (χ3n) is 2.60. The Labute approximate surface area is 79.9 Å². The number of nitrogens with zero attached hydrogens (tertiary/aromatic N) is 2. The van der Waals surface area contributed by atoms with Crippen LogP contribution in [-0.2, 0) is 0 Å². The van der Waals surface area contributed by atoms with Crippen LogP contribution in [0.1, 0.15) is 13.3 Å². The minimum atomic E-state index is -1.02. The Balaban J connectivity index is 2.32. The van der Waals surface area contributed by atoms with Crippen molar-refractivity contribution in [3.05, 3.63) is 0 Å². The van der Waals surface area contributed by atoms with Gasteiger partial charge in [-0.15, -0.1) is 0 Å². The van der Waals surface area contributed by atoms with Crippen molar-refractivity contribution in [2.75, 3.05) is 34.2 Å². The van der Waals surface area contributed by atoms with Gasteiger partial charge in [-0.3, -0.25) is 0 Å². The zero-order valence-electron chi connectivity index (χ0n) is 8.97. The maximum absolute atomic E-state index is 13.4. The molecule has 0 aliphatic carbocycles. The molecule has 2 atom stereocenters. The van der Waals surface area contributed by atoms with Crippen molar-refractivity contribution < 1.29 is 4.39 Å². The van der Waals surface area contributed by atoms with Crippen LogP contribution in [0.4, 0.5) is 4.39 Å². The molecule has 1 fully saturated rings. The van der Waals surface area contributed by atoms with Gasteiger partial charge in [0.15, 0.2) is 0 Å². The van der Waals surface area contributed by atoms with Crippen LogP contribution in [-0.4, -0.2) is 56.0 Å². The molecule has 0 spiro atoms. The van der Waals surface area contributed by atoms with E-state index >= 15 is 0 Å². The molecule has 3 nitrogen and oxygen atoms in total. The summed E-state index contributed by atoms with van der Waals surface area (Å²) in [7, 11) is 5.99. The standard InChI is InChI=1S/C9H20FN3/c1-9(10)5-8(11-7-9)6-13(4)12(2)3/h8,11H,5-7H2,1-4H3. The molecule has 1 N–H and O–H groups in total. The number of halogens is 1. The van der Waals surface area contributed by atoms with Crippen molar-refractivity contribution in [3.63, 3.8) is 0 Å². The molecule has 1 aliphatic heterocycles. The van der Waals surface area contributed by atoms with Crippen molar-refractivity contribution in [3.8, 4) is 0 Å². The highest BCUT2D eigenvalue weighted by atomic mass is 19.1. The molecule has 0 radical (unpaired) electrons. The van der Waals surface area contributed by atoms with E-state index in [4.69, 9.17) is 0 Å². The number of likely N-dealkylation sites (N-methyl/N-ethyl adjacent to an activating group) is 1. The van der Waals surface area contributed by atoms with Crippen LogP contribution < -0.4 is 5.32 Å². The Hall–Kier alpha value is -0.190. The van der Waals surface area contributed by atoms with Gasteiger partial charge in [-0.1, -0.05) is 0 Å². The minimum absolute atomic E-state index is 0.280. The van der Waals surface area contributed by atoms with E-state index in [1.807, 2.05) is 26.2 Å². The van der Waals surface area contributed by atoms with E-state index in [-0.39, 0.29) is 6.04 Å². The van der Waals surface area contributed by atoms with E-state index in [2.05, 4.69) is 10.3 Å². The second-order valence-corrected chi connectivity index (χ2v) is 4.38. The summed E-state index contributed by atoms with van der Waals surface area (Å²) in [4.78, 5) is 0. The molecule has 1 heterocycles. The van der Waals surface area contributed by atoms with Gasteiger partial charge >= 0.3 is 0 Å². The van der Waals surface area contributed by atoms with Gasteiger partial charge in [0.1, 0.15) is 5.67 Å². The second kappa shape index (κ2) is 3.90. The highest BCUT2D eigenvalue weighted by molar-refractivity contribution is 4.91. The first-order valence-electron chi connectivity index (χ1n) is 4.71. The summed E-state index contributed by atoms with van der Waals surface area (Å²) < 4.78 is 13.4. The Morgan fingerprint density at radius 1 is 1.46 bits per heavy atom. The van der Waals surface area contributed by atoms with E-state index in [0.717, 1.165) is 6.54 Å². The zero-order chi connectivity index (χ0) is 10.1. The van der Waals surface area contributed by atoms with E-state index in [0.29, 0.717) is 13.0 Å². The Morgan fingerprint density at radius 3 is 2.46 bits per heavy atom. The molecule has 4 heteroatoms. The zero-order valence-corrected chi connectivity index (χ0v) is 8.97. The summed E-state index contributed by atoms with van der Waals surface area (Å²) in [5.74, 6) is 0. The topological polar surface area (TPSA) is 18.5 Å². The third-order valence-corrected chi connectivity index (χ3v) is 2.60. The number of hydrazine groups is 1. The predicted octanol–water partition coefficient (Wildman–Crippen LogP) is 0.485. The monoisotopic (exact) mass is 189 g/mol. The Bertz CT molecular complexity index is 170. The fraction of sp³-hybridized carbons (Fsp3) is 1.00. The van der Waals surface area contributed by atoms with Crippen molar-refractivity contribution in [2.24, 2.45) is 0 Å². The molecule has 1 aliphatic rings. The van der Waals surface area contributed by atoms with Crippen LogP contribution in [0, 0.1) is 0 Å². The van der Waals surface area contributed by atoms with E-state index < -0.39 is 5.67 Å². The average Bonchev–Trinajstić information content (AvgIpc) is 2.30. The third kappa shape index (κ3) is 3.21. The lowest BCUT2D eigenvalue weighted by molar-refractivity contribution is 0.0460. The summed E-state index contributed by atoms with van der Waals surface area (Å²) in [5.41, 5.74) is -1.02. The van der Waals surface area contributed by atoms with Gasteiger partial charge in [-0.2, -0.15) is 0 Å². The molecule has 0 amide bonds. The molecular formula is C9H20FN3. The number of hydrogen-bond acceptors (Lipinski definition) is 3. The molecule has 13 heavy (non-hydrogen) atoms. The average molecular weight is 189 g/mol. The van der Waals surface area contributed by atoms with E-state index in [9.17, 15) is 4.39 Å². The largest absolute Gasteiger partial charge is 0.309 e. The highest BCUT2D eigenvalue weighted by Crippen LogP contribution is 2.23. The van der Waals surface area contributed by atoms with Gasteiger partial charge in [0.05, 0.1) is 0 Å². The van der Waals surface area contributed by atoms with Crippen molar-refractivity contribution in [2.45, 2.75) is 25.1 Å². The van der Waals surface area contributed by atoms with Crippen LogP contribution in [0.3, 0.4) is 0 Å². The van der Waals surface area contributed by atoms with Crippen LogP contribution in [0.2, 0.25) is 0 Å². The molecular weight excluding hydrogens is 169 g/mol. The molecule has 0 aromatic carbocycles. The second-order valence-electron chi connectivity index (χ2n) is 4.38. The molecule has 1 saturated heterocycles. The van der Waals surface area contributed by atoms with Crippen molar-refractivity contribution in [1.82, 2.24) is 15.3 Å². The number of rotatable bonds is 3. The van der Waals surface area contributed by atoms with Crippen LogP contribution in [0.5, 0.6) is 0 Å². The minimum Gasteiger partial charge on any atom is -0.309 e. The number of alkyl halides is 1. The first-order chi connectivity index (χ1) is 5.91. The Kier molecular flexibility index (Phi) is 3.27. The molecule has 0 aromatic rings. The lowest BCUT2D eigenvalue weighted by Gasteiger charge is -2.27. The lowest BCUT2D eigenvalue weighted by atomic mass is 10.1. The maximum Gasteiger partial charge on any atom is 0.122 e. The molecule has 2 unspecified atom stereocenters. The molecule has 0 saturated carbocycles. The SMILES string of the molecule is CN(C)N(C)CC1CC(C)(F)CN1. The quantitative estimate of drug-likeness (QED) is 0.652. The van der Waals surface area contributed by atoms with Gasteiger partial charge < -0.3 is 5.32 Å². The van der Waals surface area contributed by atoms with Crippen molar-refractivity contribution in [1.29, 1.82) is 0 Å². The fourth-order valence-corrected chi connectivity index (χ4v) is 1.63. The first kappa shape index (κ1) is 10.9. The van der Waals surface area contributed by atoms with Gasteiger partial charge in [0, 0.05) is 40.3 Å². The fourth-order valence-electron chi connectivity index (χ4n) is 1.63. The number of hydrogen-bond donors (Lipinski definition) is 1. The van der Waals surface area contributed by atoms with Crippen LogP contribution >= 0.6 is 0 Å². The van der Waals surface area contributed by atoms with E-state index in [1.165, 1.54) is 0 Å². The molecule has 78 valence electrons. The molecule has 0 aromatic heterocycles. The first-order valence-corrected chi connectivity index (χ1v) is 4.71. The molecule has 1 rings (SSSR count). The van der Waals surface area contributed by atoms with Gasteiger partial charge in [-0.05, 0) is 13.3 Å². The molecule has 0 bridgehead atoms. The van der Waals surface area contributed by atoms with Gasteiger partial charge in [0.2, 0.25) is 0 Å². The normalized spacial score (nSPS) is 34.8. The van der Waals surface area contributed by atoms with Gasteiger partial charge in [-0.25, -0.2) is 14.4 Å². The summed E-state index contributed by atoms with van der Waals surface area (Å²) in [6, 6.07) is 0.280. The van der Waals surface area contributed by atoms with Crippen LogP contribution in [0.15, 0.2) is 0 Å². The summed E-state index contributed by atoms with van der Waals surface area (Å²) in [6.45, 7) is 3.01. The van der Waals surface area contributed by atoms with Crippen molar-refractivity contribution >= 4 is 0 Å². The smallest absolute Gasteiger partial charge is 0.122 e. The van der Waals surface area contributed by atoms with Gasteiger partial charge in [0.25, 0.3) is 0 Å². The summed E-state index contributed by atoms with van der Waals surface area (Å²) in [5, 5.41) is 7.28. The number of nitrogens with one attached hydrogen (secondary N) is 1. The summed E-state index contributed by atoms with van der Waals surface area (Å²) in [6.07, 6.45) is 0.616. The summed E-state index contributed by atoms with van der Waals surface area (Å²) >= 11 is 0. The van der Waals surface area contributed by atoms with Crippen LogP contribution in [0.25, 0.3) is 0 Å². The highest BCUT2D eigenvalue weighted by Gasteiger charge is 2.34. The lowest BCUT2D eigenvalue weighted by Crippen LogP contribution is -2.42. The Morgan fingerprint density at radius 2 is 2.08 bits per heavy atom. The van der Waals surface area contributed by atoms with E-state index in [1.54, 1.807) is 6.92 Å².